The summed E-state index contributed by atoms with van der Waals surface area (Å²) in [7, 11) is -3.31. The van der Waals surface area contributed by atoms with E-state index in [4.69, 9.17) is 0 Å². The van der Waals surface area contributed by atoms with Crippen molar-refractivity contribution in [1.82, 2.24) is 9.13 Å². The van der Waals surface area contributed by atoms with Crippen LogP contribution in [0.4, 0.5) is 0 Å². The lowest BCUT2D eigenvalue weighted by molar-refractivity contribution is 1.18. The Balaban J connectivity index is 1.24. The molecule has 0 bridgehead atoms. The maximum Gasteiger partial charge on any atom is 0.0776 e. The van der Waals surface area contributed by atoms with Crippen LogP contribution >= 0.6 is 0 Å². The van der Waals surface area contributed by atoms with E-state index in [2.05, 4.69) is 230 Å². The molecule has 0 unspecified atom stereocenters. The summed E-state index contributed by atoms with van der Waals surface area (Å²) in [5, 5.41) is 23.9. The third kappa shape index (κ3) is 5.36. The fraction of sp³-hybridized carbons (Fsp3) is 0.100. The van der Waals surface area contributed by atoms with Crippen molar-refractivity contribution < 1.29 is 0 Å². The zero-order valence-corrected chi connectivity index (χ0v) is 39.2. The Morgan fingerprint density at radius 1 is 0.234 bits per heavy atom. The maximum atomic E-state index is 2.56. The minimum atomic E-state index is -1.65. The molecule has 0 aliphatic carbocycles. The van der Waals surface area contributed by atoms with Crippen molar-refractivity contribution >= 4 is 135 Å². The minimum absolute atomic E-state index is 1.18. The molecule has 2 heterocycles. The van der Waals surface area contributed by atoms with Crippen LogP contribution in [-0.2, 0) is 0 Å². The number of hydrogen-bond donors (Lipinski definition) is 0. The highest BCUT2D eigenvalue weighted by Gasteiger charge is 2.24. The molecule has 2 aromatic heterocycles. The molecule has 306 valence electrons. The Kier molecular flexibility index (Phi) is 7.79. The number of benzene rings is 11. The smallest absolute Gasteiger partial charge is 0.0776 e. The van der Waals surface area contributed by atoms with E-state index in [0.29, 0.717) is 0 Å². The molecule has 0 fully saturated rings. The van der Waals surface area contributed by atoms with Gasteiger partial charge >= 0.3 is 0 Å². The van der Waals surface area contributed by atoms with E-state index < -0.39 is 16.1 Å². The standard InChI is InChI=1S/C60H48N2Si2/c1-63(2,3)39-25-27-41-45(29-39)53-35-59-55(43-21-13-15-23-57(43)61(59)37-17-9-7-10-18-37)33-51(53)49-32-48-42-28-26-40(64(4,5)6)30-46(42)54-36-60-56(34-52(54)50(48)31-47(41)49)44-22-14-16-24-58(44)62(60)38-19-11-8-12-20-38/h7-36H,1-6H3. The van der Waals surface area contributed by atoms with Crippen molar-refractivity contribution in [2.75, 3.05) is 0 Å². The highest BCUT2D eigenvalue weighted by molar-refractivity contribution is 6.89. The normalized spacial score (nSPS) is 12.8. The van der Waals surface area contributed by atoms with Gasteiger partial charge in [0.05, 0.1) is 38.2 Å². The summed E-state index contributed by atoms with van der Waals surface area (Å²) in [6.07, 6.45) is 0. The first-order chi connectivity index (χ1) is 31.0. The van der Waals surface area contributed by atoms with E-state index in [-0.39, 0.29) is 0 Å². The topological polar surface area (TPSA) is 9.86 Å². The van der Waals surface area contributed by atoms with Crippen molar-refractivity contribution in [1.29, 1.82) is 0 Å². The quantitative estimate of drug-likeness (QED) is 0.0948. The summed E-state index contributed by atoms with van der Waals surface area (Å²) in [5.74, 6) is 0. The number of fused-ring (bicyclic) bond motifs is 18. The van der Waals surface area contributed by atoms with Gasteiger partial charge in [-0.2, -0.15) is 0 Å². The molecular formula is C60H48N2Si2. The van der Waals surface area contributed by atoms with E-state index in [0.717, 1.165) is 0 Å². The molecule has 0 radical (unpaired) electrons. The van der Waals surface area contributed by atoms with Crippen LogP contribution in [0.2, 0.25) is 39.3 Å². The third-order valence-corrected chi connectivity index (χ3v) is 18.4. The molecule has 0 N–H and O–H groups in total. The molecule has 13 aromatic rings. The van der Waals surface area contributed by atoms with Gasteiger partial charge in [0.25, 0.3) is 0 Å². The zero-order chi connectivity index (χ0) is 43.2. The lowest BCUT2D eigenvalue weighted by atomic mass is 9.87. The molecular weight excluding hydrogens is 805 g/mol. The SMILES string of the molecule is C[Si](C)(C)c1ccc2c(c1)c1cc3c(cc1c1cc4c5ccc([Si](C)(C)C)cc5c5cc6c(cc5c4cc21)c1ccccc1n6-c1ccccc1)c1ccccc1n3-c1ccccc1. The fourth-order valence-electron chi connectivity index (χ4n) is 11.1. The molecule has 0 atom stereocenters. The van der Waals surface area contributed by atoms with E-state index in [1.165, 1.54) is 130 Å². The second-order valence-electron chi connectivity index (χ2n) is 20.2. The Morgan fingerprint density at radius 2 is 0.547 bits per heavy atom. The highest BCUT2D eigenvalue weighted by Crippen LogP contribution is 2.46. The lowest BCUT2D eigenvalue weighted by Gasteiger charge is -2.21. The Bertz CT molecular complexity index is 3850. The summed E-state index contributed by atoms with van der Waals surface area (Å²) in [6, 6.07) is 69.7. The van der Waals surface area contributed by atoms with E-state index >= 15 is 0 Å². The molecule has 2 nitrogen and oxygen atoms in total. The minimum Gasteiger partial charge on any atom is -0.309 e. The van der Waals surface area contributed by atoms with Crippen molar-refractivity contribution in [3.63, 3.8) is 0 Å². The first kappa shape index (κ1) is 37.6. The number of rotatable bonds is 4. The van der Waals surface area contributed by atoms with Crippen LogP contribution < -0.4 is 10.4 Å². The van der Waals surface area contributed by atoms with Crippen LogP contribution in [0.15, 0.2) is 182 Å². The molecule has 0 saturated heterocycles. The number of nitrogens with zero attached hydrogens (tertiary/aromatic N) is 2. The molecule has 0 amide bonds. The molecule has 0 spiro atoms. The molecule has 0 aliphatic rings. The van der Waals surface area contributed by atoms with Gasteiger partial charge in [-0.05, 0) is 137 Å². The maximum absolute atomic E-state index is 2.56. The number of aromatic nitrogens is 2. The number of para-hydroxylation sites is 4. The average Bonchev–Trinajstić information content (AvgIpc) is 3.81. The third-order valence-electron chi connectivity index (χ3n) is 14.3. The largest absolute Gasteiger partial charge is 0.309 e. The second kappa shape index (κ2) is 13.3. The molecule has 4 heteroatoms. The predicted octanol–water partition coefficient (Wildman–Crippen LogP) is 15.9. The van der Waals surface area contributed by atoms with Crippen molar-refractivity contribution in [3.8, 4) is 11.4 Å². The summed E-state index contributed by atoms with van der Waals surface area (Å²) >= 11 is 0. The van der Waals surface area contributed by atoms with Gasteiger partial charge in [-0.3, -0.25) is 0 Å². The summed E-state index contributed by atoms with van der Waals surface area (Å²) in [5.41, 5.74) is 7.32. The van der Waals surface area contributed by atoms with Crippen LogP contribution in [0, 0.1) is 0 Å². The van der Waals surface area contributed by atoms with Crippen LogP contribution in [0.5, 0.6) is 0 Å². The zero-order valence-electron chi connectivity index (χ0n) is 37.2. The summed E-state index contributed by atoms with van der Waals surface area (Å²) < 4.78 is 4.93. The van der Waals surface area contributed by atoms with Gasteiger partial charge in [-0.1, -0.05) is 159 Å². The van der Waals surface area contributed by atoms with Gasteiger partial charge in [0, 0.05) is 32.9 Å². The molecule has 0 saturated carbocycles. The van der Waals surface area contributed by atoms with E-state index in [1.54, 1.807) is 0 Å². The first-order valence-electron chi connectivity index (χ1n) is 22.8. The molecule has 13 rings (SSSR count). The monoisotopic (exact) mass is 852 g/mol. The second-order valence-corrected chi connectivity index (χ2v) is 30.3. The van der Waals surface area contributed by atoms with Crippen LogP contribution in [0.25, 0.3) is 120 Å². The Morgan fingerprint density at radius 3 is 0.938 bits per heavy atom. The van der Waals surface area contributed by atoms with Crippen molar-refractivity contribution in [2.24, 2.45) is 0 Å². The van der Waals surface area contributed by atoms with Crippen molar-refractivity contribution in [3.05, 3.63) is 182 Å². The average molecular weight is 853 g/mol. The summed E-state index contributed by atoms with van der Waals surface area (Å²) in [6.45, 7) is 14.8. The van der Waals surface area contributed by atoms with E-state index in [1.807, 2.05) is 0 Å². The lowest BCUT2D eigenvalue weighted by Crippen LogP contribution is -2.37. The fourth-order valence-corrected chi connectivity index (χ4v) is 13.4. The number of hydrogen-bond acceptors (Lipinski definition) is 0. The summed E-state index contributed by atoms with van der Waals surface area (Å²) in [4.78, 5) is 0. The van der Waals surface area contributed by atoms with Gasteiger partial charge in [-0.15, -0.1) is 0 Å². The van der Waals surface area contributed by atoms with Gasteiger partial charge in [0.1, 0.15) is 0 Å². The van der Waals surface area contributed by atoms with Crippen LogP contribution in [-0.4, -0.2) is 25.3 Å². The van der Waals surface area contributed by atoms with Gasteiger partial charge in [0.2, 0.25) is 0 Å². The van der Waals surface area contributed by atoms with Crippen LogP contribution in [0.3, 0.4) is 0 Å². The predicted molar refractivity (Wildman–Crippen MR) is 286 cm³/mol. The van der Waals surface area contributed by atoms with Gasteiger partial charge in [-0.25, -0.2) is 0 Å². The molecule has 64 heavy (non-hydrogen) atoms. The Hall–Kier alpha value is -6.99. The van der Waals surface area contributed by atoms with Crippen LogP contribution in [0.1, 0.15) is 0 Å². The Labute approximate surface area is 374 Å². The van der Waals surface area contributed by atoms with Crippen molar-refractivity contribution in [2.45, 2.75) is 39.3 Å². The first-order valence-corrected chi connectivity index (χ1v) is 29.8. The molecule has 11 aromatic carbocycles. The highest BCUT2D eigenvalue weighted by atomic mass is 28.3. The van der Waals surface area contributed by atoms with Gasteiger partial charge < -0.3 is 9.13 Å². The van der Waals surface area contributed by atoms with Gasteiger partial charge in [0.15, 0.2) is 0 Å². The molecule has 0 aliphatic heterocycles. The van der Waals surface area contributed by atoms with E-state index in [9.17, 15) is 0 Å².